The van der Waals surface area contributed by atoms with E-state index < -0.39 is 5.54 Å². The highest BCUT2D eigenvalue weighted by molar-refractivity contribution is 6.14. The average molecular weight is 330 g/mol. The first-order valence-electron chi connectivity index (χ1n) is 9.07. The van der Waals surface area contributed by atoms with Crippen molar-refractivity contribution in [3.63, 3.8) is 0 Å². The van der Waals surface area contributed by atoms with Crippen LogP contribution in [0.25, 0.3) is 0 Å². The molecule has 1 aromatic rings. The van der Waals surface area contributed by atoms with Crippen LogP contribution in [0.1, 0.15) is 46.0 Å². The Bertz CT molecular complexity index is 619. The summed E-state index contributed by atoms with van der Waals surface area (Å²) in [6.07, 6.45) is 6.20. The zero-order chi connectivity index (χ0) is 17.2. The van der Waals surface area contributed by atoms with E-state index in [4.69, 9.17) is 0 Å². The highest BCUT2D eigenvalue weighted by Crippen LogP contribution is 2.36. The molecule has 2 aliphatic heterocycles. The number of benzene rings is 1. The number of carbonyl (C=O) groups is 2. The molecule has 1 aromatic carbocycles. The van der Waals surface area contributed by atoms with Gasteiger partial charge in [-0.15, -0.1) is 0 Å². The smallest absolute Gasteiger partial charge is 0.283 e. The number of para-hydroxylation sites is 2. The van der Waals surface area contributed by atoms with Crippen molar-refractivity contribution in [1.82, 2.24) is 0 Å². The van der Waals surface area contributed by atoms with Crippen LogP contribution < -0.4 is 15.1 Å². The van der Waals surface area contributed by atoms with Crippen molar-refractivity contribution in [3.8, 4) is 0 Å². The van der Waals surface area contributed by atoms with Gasteiger partial charge in [-0.05, 0) is 51.7 Å². The fourth-order valence-electron chi connectivity index (χ4n) is 3.77. The molecule has 24 heavy (non-hydrogen) atoms. The third-order valence-electron chi connectivity index (χ3n) is 5.22. The molecule has 0 atom stereocenters. The Kier molecular flexibility index (Phi) is 4.90. The normalized spacial score (nSPS) is 21.4. The summed E-state index contributed by atoms with van der Waals surface area (Å²) in [6, 6.07) is 7.56. The van der Waals surface area contributed by atoms with Gasteiger partial charge in [-0.1, -0.05) is 18.6 Å². The lowest BCUT2D eigenvalue weighted by Gasteiger charge is -2.42. The van der Waals surface area contributed by atoms with E-state index in [2.05, 4.69) is 5.32 Å². The van der Waals surface area contributed by atoms with Gasteiger partial charge in [0.15, 0.2) is 6.54 Å². The van der Waals surface area contributed by atoms with Crippen molar-refractivity contribution >= 4 is 23.2 Å². The minimum Gasteiger partial charge on any atom is -0.327 e. The quantitative estimate of drug-likeness (QED) is 0.865. The lowest BCUT2D eigenvalue weighted by molar-refractivity contribution is -0.892. The molecule has 0 unspecified atom stereocenters. The van der Waals surface area contributed by atoms with Gasteiger partial charge in [0.05, 0.1) is 24.5 Å². The minimum atomic E-state index is -0.867. The van der Waals surface area contributed by atoms with E-state index in [1.807, 2.05) is 38.1 Å². The summed E-state index contributed by atoms with van der Waals surface area (Å²) < 4.78 is 0. The van der Waals surface area contributed by atoms with Gasteiger partial charge in [0.25, 0.3) is 5.91 Å². The van der Waals surface area contributed by atoms with Crippen LogP contribution in [-0.2, 0) is 9.59 Å². The van der Waals surface area contributed by atoms with Crippen LogP contribution in [0, 0.1) is 0 Å². The first-order valence-corrected chi connectivity index (χ1v) is 9.07. The molecule has 0 saturated carbocycles. The molecular weight excluding hydrogens is 302 g/mol. The molecule has 1 fully saturated rings. The molecular formula is C19H28N3O2+. The molecule has 1 saturated heterocycles. The largest absolute Gasteiger partial charge is 0.327 e. The number of hydrogen-bond donors (Lipinski definition) is 2. The molecule has 0 aromatic heterocycles. The first-order chi connectivity index (χ1) is 11.5. The fraction of sp³-hybridized carbons (Fsp3) is 0.579. The van der Waals surface area contributed by atoms with Crippen LogP contribution in [-0.4, -0.2) is 37.0 Å². The molecule has 130 valence electrons. The second kappa shape index (κ2) is 6.93. The summed E-state index contributed by atoms with van der Waals surface area (Å²) in [4.78, 5) is 28.6. The number of anilines is 2. The molecule has 5 heteroatoms. The van der Waals surface area contributed by atoms with Gasteiger partial charge < -0.3 is 10.2 Å². The Morgan fingerprint density at radius 1 is 1.12 bits per heavy atom. The van der Waals surface area contributed by atoms with Crippen molar-refractivity contribution in [2.45, 2.75) is 51.5 Å². The van der Waals surface area contributed by atoms with Crippen LogP contribution in [0.4, 0.5) is 11.4 Å². The molecule has 0 bridgehead atoms. The molecule has 2 aliphatic rings. The van der Waals surface area contributed by atoms with Gasteiger partial charge in [0, 0.05) is 0 Å². The highest BCUT2D eigenvalue weighted by atomic mass is 16.2. The summed E-state index contributed by atoms with van der Waals surface area (Å²) >= 11 is 0. The standard InChI is InChI=1S/C19H27N3O2/c1-19(2)18(24)20-15-10-6-7-11-16(15)22(19)17(23)14-21-12-8-4-3-5-9-13-21/h6-7,10-11H,3-5,8-9,12-14H2,1-2H3,(H,20,24)/p+1. The number of likely N-dealkylation sites (tertiary alicyclic amines) is 1. The molecule has 0 spiro atoms. The summed E-state index contributed by atoms with van der Waals surface area (Å²) in [6.45, 7) is 6.20. The van der Waals surface area contributed by atoms with Crippen molar-refractivity contribution in [2.24, 2.45) is 0 Å². The Balaban J connectivity index is 1.82. The summed E-state index contributed by atoms with van der Waals surface area (Å²) in [5.41, 5.74) is 0.657. The predicted octanol–water partition coefficient (Wildman–Crippen LogP) is 1.60. The SMILES string of the molecule is CC1(C)C(=O)Nc2ccccc2N1C(=O)C[NH+]1CCCCCCC1. The van der Waals surface area contributed by atoms with Gasteiger partial charge in [-0.25, -0.2) is 0 Å². The van der Waals surface area contributed by atoms with E-state index in [9.17, 15) is 9.59 Å². The molecule has 0 aliphatic carbocycles. The Morgan fingerprint density at radius 3 is 2.46 bits per heavy atom. The number of nitrogens with zero attached hydrogens (tertiary/aromatic N) is 1. The maximum absolute atomic E-state index is 13.1. The first kappa shape index (κ1) is 17.0. The van der Waals surface area contributed by atoms with E-state index in [0.717, 1.165) is 24.5 Å². The average Bonchev–Trinajstić information content (AvgIpc) is 2.50. The van der Waals surface area contributed by atoms with Crippen LogP contribution in [0.5, 0.6) is 0 Å². The number of carbonyl (C=O) groups excluding carboxylic acids is 2. The Labute approximate surface area is 144 Å². The maximum atomic E-state index is 13.1. The van der Waals surface area contributed by atoms with Crippen molar-refractivity contribution in [1.29, 1.82) is 0 Å². The third-order valence-corrected chi connectivity index (χ3v) is 5.22. The van der Waals surface area contributed by atoms with Gasteiger partial charge >= 0.3 is 0 Å². The Morgan fingerprint density at radius 2 is 1.75 bits per heavy atom. The molecule has 2 heterocycles. The zero-order valence-electron chi connectivity index (χ0n) is 14.7. The molecule has 2 amide bonds. The third kappa shape index (κ3) is 3.31. The zero-order valence-corrected chi connectivity index (χ0v) is 14.7. The number of fused-ring (bicyclic) bond motifs is 1. The van der Waals surface area contributed by atoms with Crippen LogP contribution in [0.3, 0.4) is 0 Å². The molecule has 0 radical (unpaired) electrons. The predicted molar refractivity (Wildman–Crippen MR) is 95.3 cm³/mol. The topological polar surface area (TPSA) is 53.9 Å². The number of quaternary nitrogens is 1. The van der Waals surface area contributed by atoms with Gasteiger partial charge in [0.1, 0.15) is 5.54 Å². The number of rotatable bonds is 2. The monoisotopic (exact) mass is 330 g/mol. The van der Waals surface area contributed by atoms with Gasteiger partial charge in [-0.2, -0.15) is 0 Å². The summed E-state index contributed by atoms with van der Waals surface area (Å²) in [7, 11) is 0. The van der Waals surface area contributed by atoms with E-state index in [1.165, 1.54) is 37.0 Å². The lowest BCUT2D eigenvalue weighted by Crippen LogP contribution is -3.13. The maximum Gasteiger partial charge on any atom is 0.283 e. The highest BCUT2D eigenvalue weighted by Gasteiger charge is 2.44. The van der Waals surface area contributed by atoms with Crippen molar-refractivity contribution < 1.29 is 14.5 Å². The lowest BCUT2D eigenvalue weighted by atomic mass is 9.96. The second-order valence-corrected chi connectivity index (χ2v) is 7.45. The molecule has 5 nitrogen and oxygen atoms in total. The number of amides is 2. The summed E-state index contributed by atoms with van der Waals surface area (Å²) in [5.74, 6) is -0.0879. The van der Waals surface area contributed by atoms with E-state index >= 15 is 0 Å². The van der Waals surface area contributed by atoms with Crippen molar-refractivity contribution in [3.05, 3.63) is 24.3 Å². The van der Waals surface area contributed by atoms with E-state index in [1.54, 1.807) is 4.90 Å². The molecule has 2 N–H and O–H groups in total. The van der Waals surface area contributed by atoms with Gasteiger partial charge in [0.2, 0.25) is 5.91 Å². The van der Waals surface area contributed by atoms with Crippen LogP contribution >= 0.6 is 0 Å². The number of hydrogen-bond acceptors (Lipinski definition) is 2. The summed E-state index contributed by atoms with van der Waals surface area (Å²) in [5, 5.41) is 2.92. The van der Waals surface area contributed by atoms with E-state index in [-0.39, 0.29) is 11.8 Å². The number of nitrogens with one attached hydrogen (secondary N) is 2. The van der Waals surface area contributed by atoms with Crippen LogP contribution in [0.2, 0.25) is 0 Å². The molecule has 3 rings (SSSR count). The van der Waals surface area contributed by atoms with Gasteiger partial charge in [-0.3, -0.25) is 14.5 Å². The minimum absolute atomic E-state index is 0.0397. The van der Waals surface area contributed by atoms with Crippen LogP contribution in [0.15, 0.2) is 24.3 Å². The van der Waals surface area contributed by atoms with E-state index in [0.29, 0.717) is 6.54 Å². The van der Waals surface area contributed by atoms with Crippen molar-refractivity contribution in [2.75, 3.05) is 29.9 Å². The Hall–Kier alpha value is -1.88. The second-order valence-electron chi connectivity index (χ2n) is 7.45. The fourth-order valence-corrected chi connectivity index (χ4v) is 3.77.